The van der Waals surface area contributed by atoms with Crippen LogP contribution in [0.3, 0.4) is 0 Å². The van der Waals surface area contributed by atoms with Gasteiger partial charge in [-0.3, -0.25) is 9.59 Å². The van der Waals surface area contributed by atoms with Gasteiger partial charge in [0.05, 0.1) is 17.0 Å². The second-order valence-corrected chi connectivity index (χ2v) is 9.01. The first-order chi connectivity index (χ1) is 15.0. The van der Waals surface area contributed by atoms with Crippen LogP contribution in [0.5, 0.6) is 0 Å². The minimum atomic E-state index is 0.0123. The van der Waals surface area contributed by atoms with Crippen LogP contribution in [0.15, 0.2) is 41.3 Å². The molecule has 2 fully saturated rings. The molecule has 1 atom stereocenters. The van der Waals surface area contributed by atoms with Crippen LogP contribution in [0.1, 0.15) is 18.4 Å². The van der Waals surface area contributed by atoms with E-state index in [1.54, 1.807) is 11.6 Å². The topological polar surface area (TPSA) is 72.2 Å². The standard InChI is InChI=1S/C24H29N5O2/c1-16-10-18(15-27(2)23(16)30)22-26-20-7-3-4-8-21(20)29(22)14-17-6-5-9-28(13-17)24(31)19-11-25-12-19/h3-4,7-8,10,15,17,19,25H,5-6,9,11-14H2,1-2H3/t17-/m1/s1. The van der Waals surface area contributed by atoms with Crippen LogP contribution in [0.4, 0.5) is 0 Å². The molecule has 0 bridgehead atoms. The molecule has 4 heterocycles. The van der Waals surface area contributed by atoms with Crippen molar-refractivity contribution < 1.29 is 4.79 Å². The number of likely N-dealkylation sites (tertiary alicyclic amines) is 1. The van der Waals surface area contributed by atoms with Gasteiger partial charge in [0, 0.05) is 57.1 Å². The minimum Gasteiger partial charge on any atom is -0.342 e. The van der Waals surface area contributed by atoms with Gasteiger partial charge in [-0.15, -0.1) is 0 Å². The quantitative estimate of drug-likeness (QED) is 0.704. The van der Waals surface area contributed by atoms with E-state index < -0.39 is 0 Å². The molecule has 3 aromatic rings. The summed E-state index contributed by atoms with van der Waals surface area (Å²) in [6, 6.07) is 10.1. The maximum Gasteiger partial charge on any atom is 0.253 e. The average Bonchev–Trinajstić information content (AvgIpc) is 3.09. The highest BCUT2D eigenvalue weighted by atomic mass is 16.2. The number of hydrogen-bond donors (Lipinski definition) is 1. The van der Waals surface area contributed by atoms with Crippen LogP contribution in [0.25, 0.3) is 22.4 Å². The number of pyridine rings is 1. The average molecular weight is 420 g/mol. The zero-order valence-electron chi connectivity index (χ0n) is 18.2. The summed E-state index contributed by atoms with van der Waals surface area (Å²) in [5.74, 6) is 1.71. The Labute approximate surface area is 181 Å². The van der Waals surface area contributed by atoms with E-state index in [1.165, 1.54) is 0 Å². The molecule has 1 aromatic carbocycles. The number of nitrogens with one attached hydrogen (secondary N) is 1. The summed E-state index contributed by atoms with van der Waals surface area (Å²) in [7, 11) is 1.78. The maximum absolute atomic E-state index is 12.8. The van der Waals surface area contributed by atoms with Gasteiger partial charge in [-0.05, 0) is 43.9 Å². The Hall–Kier alpha value is -2.93. The zero-order valence-corrected chi connectivity index (χ0v) is 18.2. The van der Waals surface area contributed by atoms with Gasteiger partial charge in [-0.1, -0.05) is 12.1 Å². The highest BCUT2D eigenvalue weighted by Crippen LogP contribution is 2.28. The molecule has 0 aliphatic carbocycles. The Kier molecular flexibility index (Phi) is 5.14. The maximum atomic E-state index is 12.8. The number of fused-ring (bicyclic) bond motifs is 1. The molecule has 2 aromatic heterocycles. The van der Waals surface area contributed by atoms with E-state index in [2.05, 4.69) is 20.9 Å². The number of nitrogens with zero attached hydrogens (tertiary/aromatic N) is 4. The molecular formula is C24H29N5O2. The Bertz CT molecular complexity index is 1160. The van der Waals surface area contributed by atoms with Gasteiger partial charge >= 0.3 is 0 Å². The summed E-state index contributed by atoms with van der Waals surface area (Å²) in [6.45, 7) is 5.94. The smallest absolute Gasteiger partial charge is 0.253 e. The summed E-state index contributed by atoms with van der Waals surface area (Å²) in [5, 5.41) is 3.20. The molecule has 7 nitrogen and oxygen atoms in total. The van der Waals surface area contributed by atoms with E-state index in [0.29, 0.717) is 17.4 Å². The largest absolute Gasteiger partial charge is 0.342 e. The number of rotatable bonds is 4. The van der Waals surface area contributed by atoms with Crippen molar-refractivity contribution in [2.24, 2.45) is 18.9 Å². The minimum absolute atomic E-state index is 0.0123. The van der Waals surface area contributed by atoms with Crippen LogP contribution in [0, 0.1) is 18.8 Å². The molecule has 0 radical (unpaired) electrons. The first kappa shape index (κ1) is 20.0. The second-order valence-electron chi connectivity index (χ2n) is 9.01. The SMILES string of the molecule is Cc1cc(-c2nc3ccccc3n2C[C@@H]2CCCN(C(=O)C3CNC3)C2)cn(C)c1=O. The lowest BCUT2D eigenvalue weighted by Crippen LogP contribution is -2.54. The Morgan fingerprint density at radius 1 is 1.26 bits per heavy atom. The van der Waals surface area contributed by atoms with Gasteiger partial charge in [0.25, 0.3) is 5.56 Å². The molecule has 2 aliphatic heterocycles. The van der Waals surface area contributed by atoms with Gasteiger partial charge < -0.3 is 19.4 Å². The molecule has 0 unspecified atom stereocenters. The lowest BCUT2D eigenvalue weighted by Gasteiger charge is -2.37. The van der Waals surface area contributed by atoms with Crippen molar-refractivity contribution >= 4 is 16.9 Å². The molecule has 0 saturated carbocycles. The van der Waals surface area contributed by atoms with Crippen LogP contribution < -0.4 is 10.9 Å². The second kappa shape index (κ2) is 7.96. The molecular weight excluding hydrogens is 390 g/mol. The third-order valence-electron chi connectivity index (χ3n) is 6.68. The highest BCUT2D eigenvalue weighted by Gasteiger charge is 2.32. The number of aromatic nitrogens is 3. The number of carbonyl (C=O) groups is 1. The van der Waals surface area contributed by atoms with Gasteiger partial charge in [-0.25, -0.2) is 4.98 Å². The number of para-hydroxylation sites is 2. The van der Waals surface area contributed by atoms with Gasteiger partial charge in [0.15, 0.2) is 0 Å². The van der Waals surface area contributed by atoms with Gasteiger partial charge in [0.2, 0.25) is 5.91 Å². The monoisotopic (exact) mass is 419 g/mol. The first-order valence-electron chi connectivity index (χ1n) is 11.1. The fourth-order valence-corrected chi connectivity index (χ4v) is 4.87. The summed E-state index contributed by atoms with van der Waals surface area (Å²) in [4.78, 5) is 32.0. The molecule has 2 saturated heterocycles. The third-order valence-corrected chi connectivity index (χ3v) is 6.68. The molecule has 31 heavy (non-hydrogen) atoms. The molecule has 1 N–H and O–H groups in total. The number of piperidine rings is 1. The molecule has 1 amide bonds. The van der Waals surface area contributed by atoms with Crippen molar-refractivity contribution in [2.45, 2.75) is 26.3 Å². The van der Waals surface area contributed by atoms with Crippen LogP contribution in [0.2, 0.25) is 0 Å². The van der Waals surface area contributed by atoms with Crippen molar-refractivity contribution in [1.29, 1.82) is 0 Å². The van der Waals surface area contributed by atoms with E-state index in [-0.39, 0.29) is 11.5 Å². The van der Waals surface area contributed by atoms with E-state index in [0.717, 1.165) is 68.0 Å². The number of amides is 1. The Morgan fingerprint density at radius 2 is 2.06 bits per heavy atom. The fraction of sp³-hybridized carbons (Fsp3) is 0.458. The Balaban J connectivity index is 1.48. The van der Waals surface area contributed by atoms with Crippen molar-refractivity contribution in [2.75, 3.05) is 26.2 Å². The summed E-state index contributed by atoms with van der Waals surface area (Å²) >= 11 is 0. The van der Waals surface area contributed by atoms with E-state index in [4.69, 9.17) is 4.98 Å². The van der Waals surface area contributed by atoms with Crippen LogP contribution in [-0.4, -0.2) is 51.1 Å². The van der Waals surface area contributed by atoms with E-state index >= 15 is 0 Å². The highest BCUT2D eigenvalue weighted by molar-refractivity contribution is 5.81. The third kappa shape index (κ3) is 3.67. The summed E-state index contributed by atoms with van der Waals surface area (Å²) < 4.78 is 3.90. The van der Waals surface area contributed by atoms with Crippen molar-refractivity contribution in [3.8, 4) is 11.4 Å². The fourth-order valence-electron chi connectivity index (χ4n) is 4.87. The molecule has 0 spiro atoms. The zero-order chi connectivity index (χ0) is 21.5. The number of imidazole rings is 1. The normalized spacial score (nSPS) is 19.5. The number of hydrogen-bond acceptors (Lipinski definition) is 4. The van der Waals surface area contributed by atoms with E-state index in [1.807, 2.05) is 37.4 Å². The number of carbonyl (C=O) groups excluding carboxylic acids is 1. The lowest BCUT2D eigenvalue weighted by atomic mass is 9.94. The van der Waals surface area contributed by atoms with Gasteiger partial charge in [0.1, 0.15) is 5.82 Å². The van der Waals surface area contributed by atoms with Crippen LogP contribution in [-0.2, 0) is 18.4 Å². The molecule has 162 valence electrons. The molecule has 2 aliphatic rings. The summed E-state index contributed by atoms with van der Waals surface area (Å²) in [6.07, 6.45) is 4.01. The molecule has 5 rings (SSSR count). The van der Waals surface area contributed by atoms with Crippen molar-refractivity contribution in [1.82, 2.24) is 24.3 Å². The van der Waals surface area contributed by atoms with Crippen molar-refractivity contribution in [3.63, 3.8) is 0 Å². The number of benzene rings is 1. The van der Waals surface area contributed by atoms with Crippen LogP contribution >= 0.6 is 0 Å². The number of aryl methyl sites for hydroxylation is 2. The Morgan fingerprint density at radius 3 is 2.81 bits per heavy atom. The van der Waals surface area contributed by atoms with Crippen molar-refractivity contribution in [3.05, 3.63) is 52.4 Å². The predicted octanol–water partition coefficient (Wildman–Crippen LogP) is 2.17. The first-order valence-corrected chi connectivity index (χ1v) is 11.1. The van der Waals surface area contributed by atoms with Gasteiger partial charge in [-0.2, -0.15) is 0 Å². The molecule has 7 heteroatoms. The van der Waals surface area contributed by atoms with E-state index in [9.17, 15) is 9.59 Å². The lowest BCUT2D eigenvalue weighted by molar-refractivity contribution is -0.139. The summed E-state index contributed by atoms with van der Waals surface area (Å²) in [5.41, 5.74) is 3.71. The predicted molar refractivity (Wildman–Crippen MR) is 121 cm³/mol.